The van der Waals surface area contributed by atoms with E-state index in [4.69, 9.17) is 5.73 Å². The number of hydrogen-bond acceptors (Lipinski definition) is 5. The summed E-state index contributed by atoms with van der Waals surface area (Å²) in [4.78, 5) is 18.8. The van der Waals surface area contributed by atoms with Crippen LogP contribution >= 0.6 is 0 Å². The average Bonchev–Trinajstić information content (AvgIpc) is 2.38. The van der Waals surface area contributed by atoms with Crippen molar-refractivity contribution < 1.29 is 4.92 Å². The van der Waals surface area contributed by atoms with Crippen LogP contribution in [0.2, 0.25) is 0 Å². The number of rotatable bonds is 3. The minimum Gasteiger partial charge on any atom is -0.324 e. The second-order valence-corrected chi connectivity index (χ2v) is 4.33. The molecule has 0 aliphatic heterocycles. The lowest BCUT2D eigenvalue weighted by atomic mass is 10.1. The molecule has 6 heteroatoms. The van der Waals surface area contributed by atoms with Crippen molar-refractivity contribution in [3.8, 4) is 11.4 Å². The number of aryl methyl sites for hydroxylation is 1. The van der Waals surface area contributed by atoms with E-state index < -0.39 is 4.92 Å². The van der Waals surface area contributed by atoms with Crippen molar-refractivity contribution in [2.75, 3.05) is 0 Å². The minimum absolute atomic E-state index is 0.0488. The number of nitrogens with zero attached hydrogens (tertiary/aromatic N) is 3. The van der Waals surface area contributed by atoms with Gasteiger partial charge in [-0.3, -0.25) is 10.1 Å². The van der Waals surface area contributed by atoms with E-state index >= 15 is 0 Å². The summed E-state index contributed by atoms with van der Waals surface area (Å²) < 4.78 is 0. The van der Waals surface area contributed by atoms with E-state index in [1.807, 2.05) is 13.8 Å². The molecule has 0 aliphatic rings. The normalized spacial score (nSPS) is 12.2. The molecular formula is C13H14N4O2. The van der Waals surface area contributed by atoms with Crippen LogP contribution in [0.1, 0.15) is 24.2 Å². The number of non-ortho nitro benzene ring substituents is 1. The van der Waals surface area contributed by atoms with Crippen molar-refractivity contribution in [2.24, 2.45) is 5.73 Å². The largest absolute Gasteiger partial charge is 0.324 e. The smallest absolute Gasteiger partial charge is 0.269 e. The summed E-state index contributed by atoms with van der Waals surface area (Å²) in [5, 5.41) is 10.6. The first-order valence-corrected chi connectivity index (χ1v) is 5.83. The molecule has 1 heterocycles. The van der Waals surface area contributed by atoms with Gasteiger partial charge in [0.2, 0.25) is 0 Å². The van der Waals surface area contributed by atoms with Crippen molar-refractivity contribution in [1.82, 2.24) is 9.97 Å². The van der Waals surface area contributed by atoms with Gasteiger partial charge in [0.15, 0.2) is 5.82 Å². The van der Waals surface area contributed by atoms with Gasteiger partial charge in [-0.05, 0) is 26.0 Å². The van der Waals surface area contributed by atoms with Gasteiger partial charge < -0.3 is 5.73 Å². The zero-order chi connectivity index (χ0) is 14.0. The number of hydrogen-bond donors (Lipinski definition) is 1. The number of nitro groups is 1. The van der Waals surface area contributed by atoms with Crippen LogP contribution in [-0.2, 0) is 0 Å². The van der Waals surface area contributed by atoms with Crippen LogP contribution < -0.4 is 5.73 Å². The van der Waals surface area contributed by atoms with Crippen molar-refractivity contribution in [3.63, 3.8) is 0 Å². The number of nitro benzene ring substituents is 1. The molecule has 2 N–H and O–H groups in total. The zero-order valence-electron chi connectivity index (χ0n) is 10.7. The summed E-state index contributed by atoms with van der Waals surface area (Å²) >= 11 is 0. The maximum absolute atomic E-state index is 10.6. The molecule has 0 spiro atoms. The Morgan fingerprint density at radius 3 is 2.42 bits per heavy atom. The van der Waals surface area contributed by atoms with E-state index in [-0.39, 0.29) is 11.7 Å². The van der Waals surface area contributed by atoms with Crippen LogP contribution in [-0.4, -0.2) is 14.9 Å². The van der Waals surface area contributed by atoms with Crippen molar-refractivity contribution >= 4 is 5.69 Å². The molecule has 1 aromatic carbocycles. The summed E-state index contributed by atoms with van der Waals surface area (Å²) in [6, 6.07) is 6.03. The van der Waals surface area contributed by atoms with Gasteiger partial charge in [-0.1, -0.05) is 0 Å². The fraction of sp³-hybridized carbons (Fsp3) is 0.231. The highest BCUT2D eigenvalue weighted by Gasteiger charge is 2.10. The Kier molecular flexibility index (Phi) is 3.52. The Morgan fingerprint density at radius 2 is 1.95 bits per heavy atom. The van der Waals surface area contributed by atoms with Crippen LogP contribution in [0.4, 0.5) is 5.69 Å². The molecule has 0 bridgehead atoms. The van der Waals surface area contributed by atoms with Crippen molar-refractivity contribution in [3.05, 3.63) is 51.8 Å². The van der Waals surface area contributed by atoms with E-state index in [9.17, 15) is 10.1 Å². The van der Waals surface area contributed by atoms with E-state index in [1.54, 1.807) is 18.3 Å². The van der Waals surface area contributed by atoms with E-state index in [2.05, 4.69) is 9.97 Å². The monoisotopic (exact) mass is 258 g/mol. The van der Waals surface area contributed by atoms with Crippen molar-refractivity contribution in [1.29, 1.82) is 0 Å². The third-order valence-corrected chi connectivity index (χ3v) is 2.84. The average molecular weight is 258 g/mol. The summed E-state index contributed by atoms with van der Waals surface area (Å²) in [5.41, 5.74) is 8.30. The Balaban J connectivity index is 2.37. The predicted octanol–water partition coefficient (Wildman–Crippen LogP) is 2.38. The van der Waals surface area contributed by atoms with Gasteiger partial charge in [-0.25, -0.2) is 9.97 Å². The summed E-state index contributed by atoms with van der Waals surface area (Å²) in [7, 11) is 0. The molecular weight excluding hydrogens is 244 g/mol. The molecule has 0 aliphatic carbocycles. The van der Waals surface area contributed by atoms with Crippen LogP contribution in [0.25, 0.3) is 11.4 Å². The topological polar surface area (TPSA) is 94.9 Å². The first kappa shape index (κ1) is 13.1. The number of nitrogens with two attached hydrogens (primary N) is 1. The molecule has 0 unspecified atom stereocenters. The minimum atomic E-state index is -0.435. The third-order valence-electron chi connectivity index (χ3n) is 2.84. The second kappa shape index (κ2) is 5.11. The lowest BCUT2D eigenvalue weighted by Crippen LogP contribution is -2.09. The Bertz CT molecular complexity index is 609. The molecule has 19 heavy (non-hydrogen) atoms. The van der Waals surface area contributed by atoms with Gasteiger partial charge >= 0.3 is 0 Å². The zero-order valence-corrected chi connectivity index (χ0v) is 10.7. The number of benzene rings is 1. The summed E-state index contributed by atoms with van der Waals surface area (Å²) in [6.45, 7) is 3.74. The molecule has 0 fully saturated rings. The molecule has 0 saturated heterocycles. The Hall–Kier alpha value is -2.34. The molecule has 2 rings (SSSR count). The number of aromatic nitrogens is 2. The molecule has 98 valence electrons. The van der Waals surface area contributed by atoms with Gasteiger partial charge in [-0.2, -0.15) is 0 Å². The fourth-order valence-corrected chi connectivity index (χ4v) is 1.79. The molecule has 0 radical (unpaired) electrons. The van der Waals surface area contributed by atoms with E-state index in [0.717, 1.165) is 16.8 Å². The Morgan fingerprint density at radius 1 is 1.32 bits per heavy atom. The van der Waals surface area contributed by atoms with Gasteiger partial charge in [0, 0.05) is 41.2 Å². The fourth-order valence-electron chi connectivity index (χ4n) is 1.79. The van der Waals surface area contributed by atoms with Crippen LogP contribution in [0, 0.1) is 17.0 Å². The maximum Gasteiger partial charge on any atom is 0.269 e. The van der Waals surface area contributed by atoms with Gasteiger partial charge in [0.25, 0.3) is 5.69 Å². The quantitative estimate of drug-likeness (QED) is 0.673. The first-order chi connectivity index (χ1) is 8.99. The van der Waals surface area contributed by atoms with Crippen LogP contribution in [0.15, 0.2) is 30.5 Å². The Labute approximate surface area is 110 Å². The molecule has 6 nitrogen and oxygen atoms in total. The predicted molar refractivity (Wildman–Crippen MR) is 71.5 cm³/mol. The van der Waals surface area contributed by atoms with E-state index in [0.29, 0.717) is 5.82 Å². The summed E-state index contributed by atoms with van der Waals surface area (Å²) in [6.07, 6.45) is 1.70. The standard InChI is InChI=1S/C13H14N4O2/c1-8(14)12-7-15-13(16-9(12)2)10-3-5-11(6-4-10)17(18)19/h3-8H,14H2,1-2H3/t8-/m1/s1. The molecule has 1 atom stereocenters. The second-order valence-electron chi connectivity index (χ2n) is 4.33. The van der Waals surface area contributed by atoms with Gasteiger partial charge in [0.05, 0.1) is 4.92 Å². The van der Waals surface area contributed by atoms with Crippen LogP contribution in [0.3, 0.4) is 0 Å². The molecule has 1 aromatic heterocycles. The van der Waals surface area contributed by atoms with Crippen LogP contribution in [0.5, 0.6) is 0 Å². The van der Waals surface area contributed by atoms with Crippen molar-refractivity contribution in [2.45, 2.75) is 19.9 Å². The van der Waals surface area contributed by atoms with E-state index in [1.165, 1.54) is 12.1 Å². The SMILES string of the molecule is Cc1nc(-c2ccc([N+](=O)[O-])cc2)ncc1[C@@H](C)N. The molecule has 0 saturated carbocycles. The third kappa shape index (κ3) is 2.74. The summed E-state index contributed by atoms with van der Waals surface area (Å²) in [5.74, 6) is 0.539. The van der Waals surface area contributed by atoms with Gasteiger partial charge in [0.1, 0.15) is 0 Å². The van der Waals surface area contributed by atoms with Gasteiger partial charge in [-0.15, -0.1) is 0 Å². The molecule has 2 aromatic rings. The first-order valence-electron chi connectivity index (χ1n) is 5.83. The maximum atomic E-state index is 10.6. The highest BCUT2D eigenvalue weighted by atomic mass is 16.6. The lowest BCUT2D eigenvalue weighted by molar-refractivity contribution is -0.384. The lowest BCUT2D eigenvalue weighted by Gasteiger charge is -2.09. The highest BCUT2D eigenvalue weighted by molar-refractivity contribution is 5.57. The molecule has 0 amide bonds. The highest BCUT2D eigenvalue weighted by Crippen LogP contribution is 2.21.